The van der Waals surface area contributed by atoms with E-state index < -0.39 is 5.60 Å². The Morgan fingerprint density at radius 2 is 2.04 bits per heavy atom. The summed E-state index contributed by atoms with van der Waals surface area (Å²) in [5.74, 6) is -0.153. The third-order valence-electron chi connectivity index (χ3n) is 5.65. The zero-order valence-electron chi connectivity index (χ0n) is 16.6. The monoisotopic (exact) mass is 394 g/mol. The van der Waals surface area contributed by atoms with Crippen molar-refractivity contribution in [3.63, 3.8) is 0 Å². The van der Waals surface area contributed by atoms with Crippen molar-refractivity contribution in [1.29, 1.82) is 0 Å². The Balaban J connectivity index is 1.73. The normalized spacial score (nSPS) is 24.8. The molecular weight excluding hydrogens is 363 g/mol. The van der Waals surface area contributed by atoms with Gasteiger partial charge in [0.25, 0.3) is 0 Å². The molecule has 0 radical (unpaired) electrons. The van der Waals surface area contributed by atoms with Gasteiger partial charge in [0.05, 0.1) is 6.54 Å². The molecule has 7 heteroatoms. The fourth-order valence-corrected chi connectivity index (χ4v) is 4.24. The third kappa shape index (κ3) is 5.65. The van der Waals surface area contributed by atoms with Crippen LogP contribution in [0.25, 0.3) is 0 Å². The van der Waals surface area contributed by atoms with Gasteiger partial charge in [-0.05, 0) is 25.0 Å². The molecule has 1 atom stereocenters. The van der Waals surface area contributed by atoms with E-state index in [-0.39, 0.29) is 31.5 Å². The van der Waals surface area contributed by atoms with Gasteiger partial charge in [-0.3, -0.25) is 9.69 Å². The molecule has 0 aromatic heterocycles. The van der Waals surface area contributed by atoms with Crippen molar-refractivity contribution in [3.05, 3.63) is 30.1 Å². The van der Waals surface area contributed by atoms with E-state index in [9.17, 15) is 14.3 Å². The van der Waals surface area contributed by atoms with E-state index in [1.165, 1.54) is 38.5 Å². The Morgan fingerprint density at radius 1 is 1.25 bits per heavy atom. The number of amides is 1. The fourth-order valence-electron chi connectivity index (χ4n) is 4.24. The number of carbonyl (C=O) groups is 1. The fraction of sp³-hybridized carbons (Fsp3) is 0.667. The summed E-state index contributed by atoms with van der Waals surface area (Å²) in [5, 5.41) is 11.4. The van der Waals surface area contributed by atoms with E-state index in [1.54, 1.807) is 17.0 Å². The first-order valence-corrected chi connectivity index (χ1v) is 10.1. The van der Waals surface area contributed by atoms with Crippen LogP contribution < -0.4 is 4.74 Å². The van der Waals surface area contributed by atoms with Crippen molar-refractivity contribution in [2.45, 2.75) is 43.7 Å². The molecule has 6 nitrogen and oxygen atoms in total. The molecule has 1 aliphatic heterocycles. The van der Waals surface area contributed by atoms with Gasteiger partial charge in [-0.2, -0.15) is 0 Å². The second-order valence-electron chi connectivity index (χ2n) is 7.98. The van der Waals surface area contributed by atoms with Crippen LogP contribution in [0.5, 0.6) is 5.75 Å². The van der Waals surface area contributed by atoms with Gasteiger partial charge in [-0.15, -0.1) is 0 Å². The Bertz CT molecular complexity index is 653. The number of ether oxygens (including phenoxy) is 2. The summed E-state index contributed by atoms with van der Waals surface area (Å²) in [6, 6.07) is 6.31. The average molecular weight is 394 g/mol. The molecule has 2 aliphatic rings. The second kappa shape index (κ2) is 9.67. The van der Waals surface area contributed by atoms with Gasteiger partial charge in [-0.25, -0.2) is 4.39 Å². The van der Waals surface area contributed by atoms with E-state index in [4.69, 9.17) is 9.47 Å². The molecule has 3 rings (SSSR count). The van der Waals surface area contributed by atoms with Gasteiger partial charge in [0.15, 0.2) is 0 Å². The molecule has 0 unspecified atom stereocenters. The lowest BCUT2D eigenvalue weighted by Gasteiger charge is -2.37. The highest BCUT2D eigenvalue weighted by Crippen LogP contribution is 2.26. The first-order valence-electron chi connectivity index (χ1n) is 10.1. The van der Waals surface area contributed by atoms with Crippen LogP contribution >= 0.6 is 0 Å². The average Bonchev–Trinajstić information content (AvgIpc) is 2.87. The van der Waals surface area contributed by atoms with Crippen molar-refractivity contribution in [1.82, 2.24) is 9.80 Å². The minimum absolute atomic E-state index is 0.00354. The van der Waals surface area contributed by atoms with Crippen LogP contribution in [0.2, 0.25) is 0 Å². The van der Waals surface area contributed by atoms with Crippen molar-refractivity contribution in [2.24, 2.45) is 0 Å². The Kier molecular flexibility index (Phi) is 7.26. The quantitative estimate of drug-likeness (QED) is 0.800. The summed E-state index contributed by atoms with van der Waals surface area (Å²) in [6.45, 7) is 1.88. The molecule has 0 bridgehead atoms. The van der Waals surface area contributed by atoms with Crippen LogP contribution in [0.1, 0.15) is 32.1 Å². The predicted molar refractivity (Wildman–Crippen MR) is 104 cm³/mol. The van der Waals surface area contributed by atoms with Gasteiger partial charge < -0.3 is 19.5 Å². The number of benzene rings is 1. The molecule has 1 aromatic carbocycles. The molecule has 2 fully saturated rings. The number of hydrogen-bond acceptors (Lipinski definition) is 5. The van der Waals surface area contributed by atoms with Crippen molar-refractivity contribution >= 4 is 5.91 Å². The zero-order chi connectivity index (χ0) is 20.0. The molecular formula is C21H31FN2O4. The number of nitrogens with zero attached hydrogens (tertiary/aromatic N) is 2. The molecule has 1 heterocycles. The topological polar surface area (TPSA) is 62.2 Å². The highest BCUT2D eigenvalue weighted by atomic mass is 19.1. The first kappa shape index (κ1) is 21.0. The molecule has 1 amide bonds. The van der Waals surface area contributed by atoms with Crippen molar-refractivity contribution in [3.8, 4) is 5.75 Å². The molecule has 0 spiro atoms. The van der Waals surface area contributed by atoms with E-state index in [2.05, 4.69) is 4.90 Å². The van der Waals surface area contributed by atoms with Gasteiger partial charge >= 0.3 is 0 Å². The first-order chi connectivity index (χ1) is 13.5. The van der Waals surface area contributed by atoms with Gasteiger partial charge in [-0.1, -0.05) is 25.3 Å². The van der Waals surface area contributed by atoms with Crippen molar-refractivity contribution < 1.29 is 23.8 Å². The standard InChI is InChI=1S/C21H31FN2O4/c1-27-13-20(25)24-11-10-23(18-7-3-2-4-8-18)14-21(26,15-24)16-28-19-9-5-6-17(22)12-19/h5-6,9,12,18,26H,2-4,7-8,10-11,13-16H2,1H3/t21-/m1/s1. The Hall–Kier alpha value is -1.70. The van der Waals surface area contributed by atoms with Gasteiger partial charge in [0.2, 0.25) is 5.91 Å². The maximum Gasteiger partial charge on any atom is 0.248 e. The van der Waals surface area contributed by atoms with Gasteiger partial charge in [0, 0.05) is 38.9 Å². The van der Waals surface area contributed by atoms with Crippen LogP contribution in [0.3, 0.4) is 0 Å². The lowest BCUT2D eigenvalue weighted by molar-refractivity contribution is -0.138. The predicted octanol–water partition coefficient (Wildman–Crippen LogP) is 2.06. The number of rotatable bonds is 6. The zero-order valence-corrected chi connectivity index (χ0v) is 16.6. The summed E-state index contributed by atoms with van der Waals surface area (Å²) in [4.78, 5) is 16.4. The summed E-state index contributed by atoms with van der Waals surface area (Å²) in [6.07, 6.45) is 5.90. The Labute approximate surface area is 166 Å². The van der Waals surface area contributed by atoms with E-state index >= 15 is 0 Å². The SMILES string of the molecule is COCC(=O)N1CCN(C2CCCCC2)C[C@](O)(COc2cccc(F)c2)C1. The molecule has 1 aromatic rings. The smallest absolute Gasteiger partial charge is 0.248 e. The number of carbonyl (C=O) groups excluding carboxylic acids is 1. The minimum Gasteiger partial charge on any atom is -0.490 e. The number of aliphatic hydroxyl groups is 1. The second-order valence-corrected chi connectivity index (χ2v) is 7.98. The van der Waals surface area contributed by atoms with Crippen LogP contribution in [-0.2, 0) is 9.53 Å². The minimum atomic E-state index is -1.23. The summed E-state index contributed by atoms with van der Waals surface area (Å²) >= 11 is 0. The molecule has 28 heavy (non-hydrogen) atoms. The van der Waals surface area contributed by atoms with E-state index in [0.29, 0.717) is 24.9 Å². The van der Waals surface area contributed by atoms with E-state index in [0.717, 1.165) is 19.4 Å². The highest BCUT2D eigenvalue weighted by molar-refractivity contribution is 5.77. The highest BCUT2D eigenvalue weighted by Gasteiger charge is 2.39. The summed E-state index contributed by atoms with van der Waals surface area (Å²) in [7, 11) is 1.49. The summed E-state index contributed by atoms with van der Waals surface area (Å²) in [5.41, 5.74) is -1.23. The maximum absolute atomic E-state index is 13.4. The van der Waals surface area contributed by atoms with Crippen LogP contribution in [0.15, 0.2) is 24.3 Å². The third-order valence-corrected chi connectivity index (χ3v) is 5.65. The lowest BCUT2D eigenvalue weighted by atomic mass is 9.93. The molecule has 1 saturated heterocycles. The van der Waals surface area contributed by atoms with Crippen LogP contribution in [0, 0.1) is 5.82 Å². The van der Waals surface area contributed by atoms with Crippen LogP contribution in [-0.4, -0.2) is 79.0 Å². The molecule has 1 aliphatic carbocycles. The number of β-amino-alcohol motifs (C(OH)–C–C–N with tert-alkyl or cyclic N) is 1. The molecule has 156 valence electrons. The lowest BCUT2D eigenvalue weighted by Crippen LogP contribution is -2.54. The number of hydrogen-bond donors (Lipinski definition) is 1. The largest absolute Gasteiger partial charge is 0.490 e. The molecule has 1 N–H and O–H groups in total. The Morgan fingerprint density at radius 3 is 2.75 bits per heavy atom. The van der Waals surface area contributed by atoms with Gasteiger partial charge in [0.1, 0.15) is 30.4 Å². The van der Waals surface area contributed by atoms with Crippen molar-refractivity contribution in [2.75, 3.05) is 46.5 Å². The molecule has 1 saturated carbocycles. The maximum atomic E-state index is 13.4. The van der Waals surface area contributed by atoms with E-state index in [1.807, 2.05) is 0 Å². The number of methoxy groups -OCH3 is 1. The van der Waals surface area contributed by atoms with Crippen LogP contribution in [0.4, 0.5) is 4.39 Å². The summed E-state index contributed by atoms with van der Waals surface area (Å²) < 4.78 is 24.1. The number of halogens is 1.